The normalized spacial score (nSPS) is 19.8. The summed E-state index contributed by atoms with van der Waals surface area (Å²) >= 11 is 0. The molecule has 2 N–H and O–H groups in total. The van der Waals surface area contributed by atoms with Gasteiger partial charge in [-0.1, -0.05) is 12.1 Å². The fraction of sp³-hybridized carbons (Fsp3) is 0.250. The van der Waals surface area contributed by atoms with Crippen molar-refractivity contribution in [1.82, 2.24) is 15.3 Å². The Morgan fingerprint density at radius 2 is 1.89 bits per heavy atom. The molecule has 36 heavy (non-hydrogen) atoms. The lowest BCUT2D eigenvalue weighted by atomic mass is 9.94. The Kier molecular flexibility index (Phi) is 5.91. The van der Waals surface area contributed by atoms with E-state index in [1.165, 1.54) is 18.3 Å². The fourth-order valence-electron chi connectivity index (χ4n) is 5.36. The second-order valence-corrected chi connectivity index (χ2v) is 9.20. The molecule has 2 aliphatic rings. The number of nitrogens with one attached hydrogen (secondary N) is 2. The monoisotopic (exact) mass is 485 g/mol. The Morgan fingerprint density at radius 1 is 1.03 bits per heavy atom. The van der Waals surface area contributed by atoms with E-state index in [9.17, 15) is 8.78 Å². The Bertz CT molecular complexity index is 1440. The van der Waals surface area contributed by atoms with Crippen LogP contribution in [0.4, 0.5) is 14.5 Å². The molecule has 0 amide bonds. The van der Waals surface area contributed by atoms with Crippen molar-refractivity contribution in [2.24, 2.45) is 0 Å². The molecule has 0 spiro atoms. The SMILES string of the molecule is N=Cc1ncccc1-c1ccc2ncc(-c3cc(F)cc(F)c3)c(N3CC[C@H]4NCCO[C@@H]4C3)c2c1. The number of pyridine rings is 2. The summed E-state index contributed by atoms with van der Waals surface area (Å²) < 4.78 is 34.6. The molecule has 2 atom stereocenters. The van der Waals surface area contributed by atoms with Crippen LogP contribution in [0.1, 0.15) is 12.1 Å². The van der Waals surface area contributed by atoms with Gasteiger partial charge in [-0.15, -0.1) is 0 Å². The molecular formula is C28H25F2N5O. The second kappa shape index (κ2) is 9.37. The van der Waals surface area contributed by atoms with Gasteiger partial charge in [-0.25, -0.2) is 8.78 Å². The van der Waals surface area contributed by atoms with Crippen molar-refractivity contribution in [2.45, 2.75) is 18.6 Å². The smallest absolute Gasteiger partial charge is 0.126 e. The number of piperidine rings is 1. The third kappa shape index (κ3) is 4.12. The molecule has 4 aromatic rings. The van der Waals surface area contributed by atoms with Crippen LogP contribution in [-0.4, -0.2) is 54.6 Å². The topological polar surface area (TPSA) is 74.1 Å². The first-order valence-corrected chi connectivity index (χ1v) is 12.1. The molecule has 2 aromatic heterocycles. The number of ether oxygens (including phenoxy) is 1. The van der Waals surface area contributed by atoms with E-state index in [2.05, 4.69) is 20.2 Å². The molecule has 2 aromatic carbocycles. The molecule has 8 heteroatoms. The van der Waals surface area contributed by atoms with Gasteiger partial charge in [0.25, 0.3) is 0 Å². The van der Waals surface area contributed by atoms with Gasteiger partial charge in [-0.3, -0.25) is 9.97 Å². The van der Waals surface area contributed by atoms with Crippen LogP contribution in [0.15, 0.2) is 60.9 Å². The second-order valence-electron chi connectivity index (χ2n) is 9.20. The molecule has 6 rings (SSSR count). The van der Waals surface area contributed by atoms with Gasteiger partial charge in [-0.2, -0.15) is 0 Å². The van der Waals surface area contributed by atoms with Gasteiger partial charge in [0.2, 0.25) is 0 Å². The van der Waals surface area contributed by atoms with Gasteiger partial charge < -0.3 is 20.4 Å². The Hall–Kier alpha value is -3.75. The number of hydrogen-bond acceptors (Lipinski definition) is 6. The lowest BCUT2D eigenvalue weighted by molar-refractivity contribution is -0.00896. The van der Waals surface area contributed by atoms with Gasteiger partial charge in [0.05, 0.1) is 29.6 Å². The summed E-state index contributed by atoms with van der Waals surface area (Å²) in [5, 5.41) is 12.2. The number of benzene rings is 2. The first-order chi connectivity index (χ1) is 17.6. The van der Waals surface area contributed by atoms with Crippen molar-refractivity contribution in [3.05, 3.63) is 78.3 Å². The molecule has 2 aliphatic heterocycles. The van der Waals surface area contributed by atoms with Crippen LogP contribution in [0.5, 0.6) is 0 Å². The van der Waals surface area contributed by atoms with Crippen molar-refractivity contribution in [3.8, 4) is 22.3 Å². The maximum absolute atomic E-state index is 14.3. The van der Waals surface area contributed by atoms with E-state index in [0.717, 1.165) is 53.3 Å². The van der Waals surface area contributed by atoms with E-state index >= 15 is 0 Å². The van der Waals surface area contributed by atoms with E-state index in [4.69, 9.17) is 10.1 Å². The Balaban J connectivity index is 1.56. The average Bonchev–Trinajstić information content (AvgIpc) is 2.91. The zero-order valence-electron chi connectivity index (χ0n) is 19.5. The minimum Gasteiger partial charge on any atom is -0.373 e. The number of nitrogens with zero attached hydrogens (tertiary/aromatic N) is 3. The van der Waals surface area contributed by atoms with E-state index in [1.54, 1.807) is 12.4 Å². The third-order valence-corrected chi connectivity index (χ3v) is 7.02. The highest BCUT2D eigenvalue weighted by molar-refractivity contribution is 6.02. The van der Waals surface area contributed by atoms with Crippen molar-refractivity contribution in [3.63, 3.8) is 0 Å². The molecule has 2 saturated heterocycles. The van der Waals surface area contributed by atoms with E-state index in [1.807, 2.05) is 30.3 Å². The zero-order chi connectivity index (χ0) is 24.6. The first kappa shape index (κ1) is 22.7. The highest BCUT2D eigenvalue weighted by atomic mass is 19.1. The number of morpholine rings is 1. The molecule has 0 saturated carbocycles. The van der Waals surface area contributed by atoms with Crippen LogP contribution in [0.3, 0.4) is 0 Å². The summed E-state index contributed by atoms with van der Waals surface area (Å²) in [6, 6.07) is 13.6. The lowest BCUT2D eigenvalue weighted by Crippen LogP contribution is -2.57. The predicted octanol–water partition coefficient (Wildman–Crippen LogP) is 4.81. The minimum atomic E-state index is -0.630. The predicted molar refractivity (Wildman–Crippen MR) is 137 cm³/mol. The summed E-state index contributed by atoms with van der Waals surface area (Å²) in [7, 11) is 0. The van der Waals surface area contributed by atoms with Crippen LogP contribution in [-0.2, 0) is 4.74 Å². The molecule has 0 aliphatic carbocycles. The average molecular weight is 486 g/mol. The highest BCUT2D eigenvalue weighted by Gasteiger charge is 2.33. The highest BCUT2D eigenvalue weighted by Crippen LogP contribution is 2.40. The maximum Gasteiger partial charge on any atom is 0.126 e. The van der Waals surface area contributed by atoms with Gasteiger partial charge in [-0.05, 0) is 47.9 Å². The third-order valence-electron chi connectivity index (χ3n) is 7.02. The molecule has 0 bridgehead atoms. The molecule has 2 fully saturated rings. The van der Waals surface area contributed by atoms with Gasteiger partial charge in [0.15, 0.2) is 0 Å². The Labute approximate surface area is 207 Å². The van der Waals surface area contributed by atoms with Crippen molar-refractivity contribution in [1.29, 1.82) is 5.41 Å². The van der Waals surface area contributed by atoms with Crippen LogP contribution >= 0.6 is 0 Å². The quantitative estimate of drug-likeness (QED) is 0.406. The number of halogens is 2. The lowest BCUT2D eigenvalue weighted by Gasteiger charge is -2.43. The van der Waals surface area contributed by atoms with Crippen LogP contribution in [0, 0.1) is 17.0 Å². The van der Waals surface area contributed by atoms with Gasteiger partial charge >= 0.3 is 0 Å². The molecular weight excluding hydrogens is 460 g/mol. The minimum absolute atomic E-state index is 0.0267. The molecule has 0 radical (unpaired) electrons. The standard InChI is InChI=1S/C28H25F2N5O/c29-19-10-18(11-20(30)13-19)23-15-34-24-4-3-17(21-2-1-6-32-26(21)14-31)12-22(24)28(23)35-8-5-25-27(16-35)36-9-7-33-25/h1-4,6,10-15,25,27,31,33H,5,7-9,16H2/t25-,27-/m1/s1. The Morgan fingerprint density at radius 3 is 2.72 bits per heavy atom. The van der Waals surface area contributed by atoms with Crippen LogP contribution < -0.4 is 10.2 Å². The molecule has 4 heterocycles. The number of anilines is 1. The molecule has 182 valence electrons. The maximum atomic E-state index is 14.3. The van der Waals surface area contributed by atoms with E-state index in [0.29, 0.717) is 36.0 Å². The van der Waals surface area contributed by atoms with E-state index < -0.39 is 11.6 Å². The van der Waals surface area contributed by atoms with Crippen molar-refractivity contribution in [2.75, 3.05) is 31.1 Å². The van der Waals surface area contributed by atoms with E-state index in [-0.39, 0.29) is 6.10 Å². The number of rotatable bonds is 4. The fourth-order valence-corrected chi connectivity index (χ4v) is 5.36. The summed E-state index contributed by atoms with van der Waals surface area (Å²) in [5.41, 5.74) is 5.05. The van der Waals surface area contributed by atoms with Gasteiger partial charge in [0.1, 0.15) is 11.6 Å². The number of fused-ring (bicyclic) bond motifs is 2. The molecule has 0 unspecified atom stereocenters. The van der Waals surface area contributed by atoms with Crippen LogP contribution in [0.25, 0.3) is 33.2 Å². The van der Waals surface area contributed by atoms with Gasteiger partial charge in [0, 0.05) is 66.9 Å². The van der Waals surface area contributed by atoms with Crippen molar-refractivity contribution < 1.29 is 13.5 Å². The van der Waals surface area contributed by atoms with Crippen molar-refractivity contribution >= 4 is 22.8 Å². The summed E-state index contributed by atoms with van der Waals surface area (Å²) in [6.45, 7) is 2.93. The number of aromatic nitrogens is 2. The zero-order valence-corrected chi connectivity index (χ0v) is 19.5. The number of hydrogen-bond donors (Lipinski definition) is 2. The first-order valence-electron chi connectivity index (χ1n) is 12.1. The largest absolute Gasteiger partial charge is 0.373 e. The molecule has 6 nitrogen and oxygen atoms in total. The summed E-state index contributed by atoms with van der Waals surface area (Å²) in [6.07, 6.45) is 5.52. The van der Waals surface area contributed by atoms with Crippen LogP contribution in [0.2, 0.25) is 0 Å². The summed E-state index contributed by atoms with van der Waals surface area (Å²) in [5.74, 6) is -1.26. The summed E-state index contributed by atoms with van der Waals surface area (Å²) in [4.78, 5) is 11.2.